The summed E-state index contributed by atoms with van der Waals surface area (Å²) in [7, 11) is 1.51. The SMILES string of the molecule is COc1ccccc1-n1c(SCC(=O)NC(=O)Cc2ccccc2)nc2cc(Cl)ccc2c1=O. The number of amides is 2. The van der Waals surface area contributed by atoms with E-state index >= 15 is 0 Å². The Balaban J connectivity index is 1.62. The van der Waals surface area contributed by atoms with Crippen LogP contribution in [0.5, 0.6) is 5.75 Å². The lowest BCUT2D eigenvalue weighted by atomic mass is 10.1. The zero-order valence-electron chi connectivity index (χ0n) is 18.2. The third-order valence-corrected chi connectivity index (χ3v) is 6.12. The number of aromatic nitrogens is 2. The number of nitrogens with zero attached hydrogens (tertiary/aromatic N) is 2. The molecule has 0 unspecified atom stereocenters. The fourth-order valence-electron chi connectivity index (χ4n) is 3.41. The van der Waals surface area contributed by atoms with E-state index in [9.17, 15) is 14.4 Å². The fraction of sp³-hybridized carbons (Fsp3) is 0.120. The second kappa shape index (κ2) is 10.5. The second-order valence-electron chi connectivity index (χ2n) is 7.29. The van der Waals surface area contributed by atoms with Gasteiger partial charge in [-0.25, -0.2) is 4.98 Å². The minimum atomic E-state index is -0.488. The average Bonchev–Trinajstić information content (AvgIpc) is 2.83. The van der Waals surface area contributed by atoms with Crippen LogP contribution in [0.4, 0.5) is 0 Å². The highest BCUT2D eigenvalue weighted by Gasteiger charge is 2.18. The maximum absolute atomic E-state index is 13.4. The first-order chi connectivity index (χ1) is 16.5. The van der Waals surface area contributed by atoms with Crippen LogP contribution < -0.4 is 15.6 Å². The third-order valence-electron chi connectivity index (χ3n) is 4.95. The second-order valence-corrected chi connectivity index (χ2v) is 8.67. The molecule has 1 aromatic heterocycles. The maximum atomic E-state index is 13.4. The van der Waals surface area contributed by atoms with Gasteiger partial charge < -0.3 is 4.74 Å². The molecule has 0 atom stereocenters. The summed E-state index contributed by atoms with van der Waals surface area (Å²) < 4.78 is 6.84. The molecule has 7 nitrogen and oxygen atoms in total. The predicted octanol–water partition coefficient (Wildman–Crippen LogP) is 4.03. The number of hydrogen-bond acceptors (Lipinski definition) is 6. The number of methoxy groups -OCH3 is 1. The molecule has 2 amide bonds. The van der Waals surface area contributed by atoms with Crippen molar-refractivity contribution in [1.29, 1.82) is 0 Å². The molecule has 0 saturated carbocycles. The monoisotopic (exact) mass is 493 g/mol. The standard InChI is InChI=1S/C25H20ClN3O4S/c1-33-21-10-6-5-9-20(21)29-24(32)18-12-11-17(26)14-19(18)27-25(29)34-15-23(31)28-22(30)13-16-7-3-2-4-8-16/h2-12,14H,13,15H2,1H3,(H,28,30,31). The number of benzene rings is 3. The summed E-state index contributed by atoms with van der Waals surface area (Å²) >= 11 is 7.14. The minimum Gasteiger partial charge on any atom is -0.495 e. The maximum Gasteiger partial charge on any atom is 0.266 e. The number of ether oxygens (including phenoxy) is 1. The Hall–Kier alpha value is -3.62. The van der Waals surface area contributed by atoms with Gasteiger partial charge in [-0.1, -0.05) is 65.8 Å². The summed E-state index contributed by atoms with van der Waals surface area (Å²) in [5.41, 5.74) is 1.38. The van der Waals surface area contributed by atoms with Crippen LogP contribution in [-0.4, -0.2) is 34.2 Å². The molecular formula is C25H20ClN3O4S. The molecule has 0 aliphatic rings. The van der Waals surface area contributed by atoms with Crippen LogP contribution in [-0.2, 0) is 16.0 Å². The van der Waals surface area contributed by atoms with Crippen molar-refractivity contribution in [1.82, 2.24) is 14.9 Å². The minimum absolute atomic E-state index is 0.0931. The molecule has 1 N–H and O–H groups in total. The number of nitrogens with one attached hydrogen (secondary N) is 1. The molecule has 0 spiro atoms. The Morgan fingerprint density at radius 3 is 2.53 bits per heavy atom. The fourth-order valence-corrected chi connectivity index (χ4v) is 4.38. The highest BCUT2D eigenvalue weighted by molar-refractivity contribution is 7.99. The van der Waals surface area contributed by atoms with Crippen molar-refractivity contribution in [3.05, 3.63) is 93.7 Å². The number of fused-ring (bicyclic) bond motifs is 1. The molecule has 3 aromatic carbocycles. The van der Waals surface area contributed by atoms with Gasteiger partial charge >= 0.3 is 0 Å². The van der Waals surface area contributed by atoms with Gasteiger partial charge in [0.1, 0.15) is 5.75 Å². The Bertz CT molecular complexity index is 1420. The van der Waals surface area contributed by atoms with Gasteiger partial charge in [-0.3, -0.25) is 24.3 Å². The number of carbonyl (C=O) groups excluding carboxylic acids is 2. The van der Waals surface area contributed by atoms with Gasteiger partial charge in [-0.2, -0.15) is 0 Å². The van der Waals surface area contributed by atoms with Crippen molar-refractivity contribution in [3.63, 3.8) is 0 Å². The normalized spacial score (nSPS) is 10.8. The summed E-state index contributed by atoms with van der Waals surface area (Å²) in [6.07, 6.45) is 0.0931. The molecule has 0 aliphatic heterocycles. The Kier molecular flexibility index (Phi) is 7.30. The van der Waals surface area contributed by atoms with Crippen molar-refractivity contribution in [2.75, 3.05) is 12.9 Å². The molecule has 4 rings (SSSR count). The van der Waals surface area contributed by atoms with E-state index in [-0.39, 0.29) is 22.9 Å². The van der Waals surface area contributed by atoms with Crippen molar-refractivity contribution in [3.8, 4) is 11.4 Å². The zero-order valence-corrected chi connectivity index (χ0v) is 19.7. The molecule has 0 aliphatic carbocycles. The van der Waals surface area contributed by atoms with E-state index in [0.717, 1.165) is 17.3 Å². The van der Waals surface area contributed by atoms with E-state index in [1.807, 2.05) is 30.3 Å². The highest BCUT2D eigenvalue weighted by Crippen LogP contribution is 2.27. The predicted molar refractivity (Wildman–Crippen MR) is 133 cm³/mol. The van der Waals surface area contributed by atoms with E-state index in [1.54, 1.807) is 42.5 Å². The highest BCUT2D eigenvalue weighted by atomic mass is 35.5. The van der Waals surface area contributed by atoms with E-state index in [4.69, 9.17) is 16.3 Å². The number of carbonyl (C=O) groups is 2. The van der Waals surface area contributed by atoms with Crippen LogP contribution in [0.3, 0.4) is 0 Å². The number of halogens is 1. The number of hydrogen-bond donors (Lipinski definition) is 1. The van der Waals surface area contributed by atoms with Crippen LogP contribution >= 0.6 is 23.4 Å². The first kappa shape index (κ1) is 23.5. The Morgan fingerprint density at radius 1 is 1.03 bits per heavy atom. The summed E-state index contributed by atoms with van der Waals surface area (Å²) in [6, 6.07) is 21.0. The summed E-state index contributed by atoms with van der Waals surface area (Å²) in [5, 5.41) is 3.47. The summed E-state index contributed by atoms with van der Waals surface area (Å²) in [6.45, 7) is 0. The van der Waals surface area contributed by atoms with Gasteiger partial charge in [0, 0.05) is 5.02 Å². The molecule has 9 heteroatoms. The van der Waals surface area contributed by atoms with Gasteiger partial charge in [0.05, 0.1) is 35.9 Å². The van der Waals surface area contributed by atoms with E-state index < -0.39 is 11.8 Å². The van der Waals surface area contributed by atoms with Crippen molar-refractivity contribution < 1.29 is 14.3 Å². The van der Waals surface area contributed by atoms with Crippen molar-refractivity contribution >= 4 is 46.1 Å². The topological polar surface area (TPSA) is 90.3 Å². The van der Waals surface area contributed by atoms with Crippen LogP contribution in [0, 0.1) is 0 Å². The quantitative estimate of drug-likeness (QED) is 0.309. The molecule has 0 saturated heterocycles. The number of rotatable bonds is 7. The first-order valence-corrected chi connectivity index (χ1v) is 11.7. The Morgan fingerprint density at radius 2 is 1.76 bits per heavy atom. The van der Waals surface area contributed by atoms with E-state index in [2.05, 4.69) is 10.3 Å². The first-order valence-electron chi connectivity index (χ1n) is 10.3. The number of thioether (sulfide) groups is 1. The summed E-state index contributed by atoms with van der Waals surface area (Å²) in [4.78, 5) is 42.7. The summed E-state index contributed by atoms with van der Waals surface area (Å²) in [5.74, 6) is -0.534. The van der Waals surface area contributed by atoms with E-state index in [1.165, 1.54) is 11.7 Å². The lowest BCUT2D eigenvalue weighted by molar-refractivity contribution is -0.128. The number of para-hydroxylation sites is 2. The molecule has 0 radical (unpaired) electrons. The van der Waals surface area contributed by atoms with Crippen LogP contribution in [0.25, 0.3) is 16.6 Å². The lowest BCUT2D eigenvalue weighted by Gasteiger charge is -2.15. The number of imide groups is 1. The van der Waals surface area contributed by atoms with Crippen molar-refractivity contribution in [2.24, 2.45) is 0 Å². The largest absolute Gasteiger partial charge is 0.495 e. The van der Waals surface area contributed by atoms with Gasteiger partial charge in [0.15, 0.2) is 5.16 Å². The van der Waals surface area contributed by atoms with Crippen molar-refractivity contribution in [2.45, 2.75) is 11.6 Å². The average molecular weight is 494 g/mol. The smallest absolute Gasteiger partial charge is 0.266 e. The van der Waals surface area contributed by atoms with Gasteiger partial charge in [0.25, 0.3) is 5.56 Å². The van der Waals surface area contributed by atoms with Crippen LogP contribution in [0.2, 0.25) is 5.02 Å². The molecule has 1 heterocycles. The third kappa shape index (κ3) is 5.30. The molecule has 0 fully saturated rings. The van der Waals surface area contributed by atoms with Crippen LogP contribution in [0.15, 0.2) is 82.7 Å². The molecule has 34 heavy (non-hydrogen) atoms. The lowest BCUT2D eigenvalue weighted by Crippen LogP contribution is -2.33. The zero-order chi connectivity index (χ0) is 24.1. The molecular weight excluding hydrogens is 474 g/mol. The van der Waals surface area contributed by atoms with Gasteiger partial charge in [-0.05, 0) is 35.9 Å². The van der Waals surface area contributed by atoms with Gasteiger partial charge in [-0.15, -0.1) is 0 Å². The van der Waals surface area contributed by atoms with Crippen LogP contribution in [0.1, 0.15) is 5.56 Å². The van der Waals surface area contributed by atoms with Gasteiger partial charge in [0.2, 0.25) is 11.8 Å². The Labute approximate surface area is 204 Å². The van der Waals surface area contributed by atoms with E-state index in [0.29, 0.717) is 27.4 Å². The molecule has 0 bridgehead atoms. The molecule has 172 valence electrons. The molecule has 4 aromatic rings.